The molecule has 1 aromatic heterocycles. The van der Waals surface area contributed by atoms with E-state index in [9.17, 15) is 4.79 Å². The van der Waals surface area contributed by atoms with E-state index in [0.717, 1.165) is 25.0 Å². The van der Waals surface area contributed by atoms with Crippen molar-refractivity contribution in [1.82, 2.24) is 10.6 Å². The van der Waals surface area contributed by atoms with Gasteiger partial charge in [-0.25, -0.2) is 0 Å². The lowest BCUT2D eigenvalue weighted by Crippen LogP contribution is -2.43. The predicted molar refractivity (Wildman–Crippen MR) is 70.2 cm³/mol. The Morgan fingerprint density at radius 2 is 2.33 bits per heavy atom. The van der Waals surface area contributed by atoms with E-state index in [0.29, 0.717) is 12.6 Å². The van der Waals surface area contributed by atoms with Crippen LogP contribution in [-0.2, 0) is 11.2 Å². The Hall–Kier alpha value is -1.29. The van der Waals surface area contributed by atoms with Gasteiger partial charge in [-0.05, 0) is 32.8 Å². The molecule has 2 N–H and O–H groups in total. The first-order chi connectivity index (χ1) is 8.54. The van der Waals surface area contributed by atoms with E-state index >= 15 is 0 Å². The lowest BCUT2D eigenvalue weighted by molar-refractivity contribution is -0.128. The summed E-state index contributed by atoms with van der Waals surface area (Å²) in [6, 6.07) is 2.36. The number of furan rings is 1. The molecule has 18 heavy (non-hydrogen) atoms. The Balaban J connectivity index is 1.98. The van der Waals surface area contributed by atoms with E-state index in [1.807, 2.05) is 19.9 Å². The number of amides is 1. The second-order valence-electron chi connectivity index (χ2n) is 5.59. The maximum atomic E-state index is 11.7. The highest BCUT2D eigenvalue weighted by Crippen LogP contribution is 2.31. The highest BCUT2D eigenvalue weighted by molar-refractivity contribution is 5.81. The minimum Gasteiger partial charge on any atom is -0.469 e. The van der Waals surface area contributed by atoms with E-state index < -0.39 is 5.41 Å². The van der Waals surface area contributed by atoms with Crippen LogP contribution in [0.5, 0.6) is 0 Å². The fourth-order valence-corrected chi connectivity index (χ4v) is 2.50. The molecule has 2 rings (SSSR count). The molecule has 0 spiro atoms. The first kappa shape index (κ1) is 13.1. The molecule has 0 aliphatic heterocycles. The van der Waals surface area contributed by atoms with Gasteiger partial charge in [-0.3, -0.25) is 4.79 Å². The molecule has 0 radical (unpaired) electrons. The third kappa shape index (κ3) is 2.58. The minimum absolute atomic E-state index is 0.0678. The Morgan fingerprint density at radius 1 is 1.56 bits per heavy atom. The Bertz CT molecular complexity index is 423. The van der Waals surface area contributed by atoms with Crippen LogP contribution in [0.1, 0.15) is 44.1 Å². The van der Waals surface area contributed by atoms with Crippen molar-refractivity contribution in [3.05, 3.63) is 23.7 Å². The fraction of sp³-hybridized carbons (Fsp3) is 0.643. The lowest BCUT2D eigenvalue weighted by atomic mass is 9.89. The highest BCUT2D eigenvalue weighted by atomic mass is 16.3. The zero-order valence-corrected chi connectivity index (χ0v) is 11.4. The van der Waals surface area contributed by atoms with E-state index in [2.05, 4.69) is 10.6 Å². The normalized spacial score (nSPS) is 19.4. The average Bonchev–Trinajstić information content (AvgIpc) is 2.84. The second-order valence-corrected chi connectivity index (χ2v) is 5.59. The molecule has 1 aliphatic carbocycles. The lowest BCUT2D eigenvalue weighted by Gasteiger charge is -2.28. The van der Waals surface area contributed by atoms with Crippen LogP contribution in [0.4, 0.5) is 0 Å². The molecular formula is C14H22N2O2. The Morgan fingerprint density at radius 3 is 3.06 bits per heavy atom. The molecule has 0 saturated heterocycles. The van der Waals surface area contributed by atoms with Crippen LogP contribution in [0.15, 0.2) is 16.7 Å². The highest BCUT2D eigenvalue weighted by Gasteiger charge is 2.29. The molecule has 1 atom stereocenters. The van der Waals surface area contributed by atoms with E-state index in [1.165, 1.54) is 5.56 Å². The van der Waals surface area contributed by atoms with Crippen LogP contribution in [0.3, 0.4) is 0 Å². The molecule has 0 bridgehead atoms. The summed E-state index contributed by atoms with van der Waals surface area (Å²) in [6.45, 7) is 4.58. The van der Waals surface area contributed by atoms with Crippen molar-refractivity contribution in [3.63, 3.8) is 0 Å². The maximum absolute atomic E-state index is 11.7. The van der Waals surface area contributed by atoms with Gasteiger partial charge in [-0.1, -0.05) is 0 Å². The number of fused-ring (bicyclic) bond motifs is 1. The quantitative estimate of drug-likeness (QED) is 0.859. The molecule has 0 saturated carbocycles. The third-order valence-electron chi connectivity index (χ3n) is 3.68. The molecule has 1 aromatic rings. The largest absolute Gasteiger partial charge is 0.469 e. The Kier molecular flexibility index (Phi) is 3.76. The van der Waals surface area contributed by atoms with Gasteiger partial charge in [0.15, 0.2) is 0 Å². The van der Waals surface area contributed by atoms with Gasteiger partial charge in [0.25, 0.3) is 0 Å². The van der Waals surface area contributed by atoms with Gasteiger partial charge < -0.3 is 15.1 Å². The molecule has 1 aliphatic rings. The van der Waals surface area contributed by atoms with Crippen LogP contribution in [-0.4, -0.2) is 19.5 Å². The smallest absolute Gasteiger partial charge is 0.226 e. The number of hydrogen-bond donors (Lipinski definition) is 2. The number of rotatable bonds is 4. The van der Waals surface area contributed by atoms with Crippen LogP contribution < -0.4 is 10.6 Å². The number of carbonyl (C=O) groups excluding carboxylic acids is 1. The summed E-state index contributed by atoms with van der Waals surface area (Å²) >= 11 is 0. The van der Waals surface area contributed by atoms with Crippen LogP contribution in [0.25, 0.3) is 0 Å². The molecule has 4 heteroatoms. The molecule has 0 aromatic carbocycles. The number of carbonyl (C=O) groups is 1. The van der Waals surface area contributed by atoms with Crippen molar-refractivity contribution in [3.8, 4) is 0 Å². The summed E-state index contributed by atoms with van der Waals surface area (Å²) < 4.78 is 5.47. The molecule has 4 nitrogen and oxygen atoms in total. The number of hydrogen-bond acceptors (Lipinski definition) is 3. The van der Waals surface area contributed by atoms with Crippen molar-refractivity contribution in [2.75, 3.05) is 13.6 Å². The van der Waals surface area contributed by atoms with E-state index in [1.54, 1.807) is 13.3 Å². The topological polar surface area (TPSA) is 54.3 Å². The fourth-order valence-electron chi connectivity index (χ4n) is 2.50. The van der Waals surface area contributed by atoms with Crippen LogP contribution in [0.2, 0.25) is 0 Å². The first-order valence-electron chi connectivity index (χ1n) is 6.56. The minimum atomic E-state index is -0.393. The summed E-state index contributed by atoms with van der Waals surface area (Å²) in [7, 11) is 1.68. The van der Waals surface area contributed by atoms with E-state index in [-0.39, 0.29) is 5.91 Å². The summed E-state index contributed by atoms with van der Waals surface area (Å²) in [4.78, 5) is 11.7. The van der Waals surface area contributed by atoms with Crippen molar-refractivity contribution in [2.45, 2.75) is 39.2 Å². The predicted octanol–water partition coefficient (Wildman–Crippen LogP) is 2.02. The zero-order chi connectivity index (χ0) is 13.2. The number of nitrogens with one attached hydrogen (secondary N) is 2. The molecule has 100 valence electrons. The number of aryl methyl sites for hydroxylation is 1. The first-order valence-corrected chi connectivity index (χ1v) is 6.56. The van der Waals surface area contributed by atoms with Gasteiger partial charge in [0.1, 0.15) is 5.76 Å². The molecule has 1 unspecified atom stereocenters. The van der Waals surface area contributed by atoms with Crippen molar-refractivity contribution in [1.29, 1.82) is 0 Å². The monoisotopic (exact) mass is 250 g/mol. The van der Waals surface area contributed by atoms with Crippen molar-refractivity contribution >= 4 is 5.91 Å². The van der Waals surface area contributed by atoms with Gasteiger partial charge in [0.2, 0.25) is 5.91 Å². The van der Waals surface area contributed by atoms with Gasteiger partial charge in [-0.15, -0.1) is 0 Å². The SMILES string of the molecule is CNC(=O)C(C)(C)CNC1CCCc2occc21. The maximum Gasteiger partial charge on any atom is 0.226 e. The zero-order valence-electron chi connectivity index (χ0n) is 11.4. The summed E-state index contributed by atoms with van der Waals surface area (Å²) in [5.41, 5.74) is 0.866. The summed E-state index contributed by atoms with van der Waals surface area (Å²) in [5, 5.41) is 6.21. The summed E-state index contributed by atoms with van der Waals surface area (Å²) in [6.07, 6.45) is 5.03. The Labute approximate surface area is 108 Å². The van der Waals surface area contributed by atoms with Gasteiger partial charge in [-0.2, -0.15) is 0 Å². The molecule has 0 fully saturated rings. The molecular weight excluding hydrogens is 228 g/mol. The van der Waals surface area contributed by atoms with Crippen molar-refractivity contribution < 1.29 is 9.21 Å². The van der Waals surface area contributed by atoms with Crippen LogP contribution in [0, 0.1) is 5.41 Å². The third-order valence-corrected chi connectivity index (χ3v) is 3.68. The van der Waals surface area contributed by atoms with Gasteiger partial charge >= 0.3 is 0 Å². The second kappa shape index (κ2) is 5.14. The summed E-state index contributed by atoms with van der Waals surface area (Å²) in [5.74, 6) is 1.16. The molecule has 1 heterocycles. The molecule has 1 amide bonds. The van der Waals surface area contributed by atoms with Gasteiger partial charge in [0, 0.05) is 31.6 Å². The van der Waals surface area contributed by atoms with Crippen molar-refractivity contribution in [2.24, 2.45) is 5.41 Å². The van der Waals surface area contributed by atoms with E-state index in [4.69, 9.17) is 4.42 Å². The average molecular weight is 250 g/mol. The van der Waals surface area contributed by atoms with Gasteiger partial charge in [0.05, 0.1) is 11.7 Å². The standard InChI is InChI=1S/C14H22N2O2/c1-14(2,13(17)15-3)9-16-11-5-4-6-12-10(11)7-8-18-12/h7-8,11,16H,4-6,9H2,1-3H3,(H,15,17). The van der Waals surface area contributed by atoms with Crippen LogP contribution >= 0.6 is 0 Å².